The molecule has 5 rings (SSSR count). The van der Waals surface area contributed by atoms with Gasteiger partial charge in [-0.1, -0.05) is 18.2 Å². The zero-order valence-corrected chi connectivity index (χ0v) is 18.2. The number of likely N-dealkylation sites (tertiary alicyclic amines) is 1. The van der Waals surface area contributed by atoms with Gasteiger partial charge < -0.3 is 9.88 Å². The average Bonchev–Trinajstić information content (AvgIpc) is 3.47. The van der Waals surface area contributed by atoms with Crippen LogP contribution in [0.25, 0.3) is 0 Å². The van der Waals surface area contributed by atoms with Crippen LogP contribution >= 0.6 is 11.3 Å². The van der Waals surface area contributed by atoms with E-state index in [2.05, 4.69) is 26.5 Å². The van der Waals surface area contributed by atoms with Gasteiger partial charge in [-0.2, -0.15) is 0 Å². The van der Waals surface area contributed by atoms with E-state index < -0.39 is 0 Å². The average molecular weight is 440 g/mol. The molecule has 1 saturated heterocycles. The van der Waals surface area contributed by atoms with Gasteiger partial charge in [0, 0.05) is 30.9 Å². The molecule has 1 N–H and O–H groups in total. The van der Waals surface area contributed by atoms with Crippen molar-refractivity contribution in [1.29, 1.82) is 0 Å². The Balaban J connectivity index is 1.16. The molecule has 6 nitrogen and oxygen atoms in total. The van der Waals surface area contributed by atoms with Gasteiger partial charge in [-0.15, -0.1) is 21.5 Å². The maximum Gasteiger partial charge on any atom is 0.289 e. The van der Waals surface area contributed by atoms with Crippen LogP contribution in [0.2, 0.25) is 0 Å². The van der Waals surface area contributed by atoms with E-state index >= 15 is 0 Å². The first-order valence-corrected chi connectivity index (χ1v) is 11.7. The van der Waals surface area contributed by atoms with Gasteiger partial charge in [0.2, 0.25) is 5.82 Å². The first-order chi connectivity index (χ1) is 15.1. The molecule has 4 heterocycles. The lowest BCUT2D eigenvalue weighted by atomic mass is 9.77. The highest BCUT2D eigenvalue weighted by atomic mass is 32.1. The van der Waals surface area contributed by atoms with Crippen molar-refractivity contribution in [2.45, 2.75) is 38.8 Å². The summed E-state index contributed by atoms with van der Waals surface area (Å²) < 4.78 is 15.5. The third-order valence-corrected chi connectivity index (χ3v) is 7.44. The largest absolute Gasteiger partial charge is 0.349 e. The Labute approximate surface area is 185 Å². The smallest absolute Gasteiger partial charge is 0.289 e. The van der Waals surface area contributed by atoms with Crippen LogP contribution in [-0.2, 0) is 25.9 Å². The lowest BCUT2D eigenvalue weighted by Gasteiger charge is -2.39. The Bertz CT molecular complexity index is 1060. The first kappa shape index (κ1) is 20.3. The van der Waals surface area contributed by atoms with Crippen LogP contribution in [-0.4, -0.2) is 45.2 Å². The standard InChI is InChI=1S/C23H26FN5OS/c24-18-4-1-3-17(13-18)15-28-10-7-23(8-11-28)14-20-26-27-21(29(20)16-23)22(30)25-9-6-19-5-2-12-31-19/h1-5,12-13H,6-11,14-16H2,(H,25,30). The summed E-state index contributed by atoms with van der Waals surface area (Å²) in [6, 6.07) is 11.0. The van der Waals surface area contributed by atoms with E-state index in [1.54, 1.807) is 23.5 Å². The van der Waals surface area contributed by atoms with Gasteiger partial charge in [-0.05, 0) is 66.9 Å². The third kappa shape index (κ3) is 4.41. The number of amides is 1. The maximum atomic E-state index is 13.5. The first-order valence-electron chi connectivity index (χ1n) is 10.8. The zero-order valence-electron chi connectivity index (χ0n) is 17.4. The summed E-state index contributed by atoms with van der Waals surface area (Å²) >= 11 is 1.70. The summed E-state index contributed by atoms with van der Waals surface area (Å²) in [5.74, 6) is 1.03. The highest BCUT2D eigenvalue weighted by molar-refractivity contribution is 7.09. The van der Waals surface area contributed by atoms with Gasteiger partial charge >= 0.3 is 0 Å². The number of carbonyl (C=O) groups excluding carboxylic acids is 1. The third-order valence-electron chi connectivity index (χ3n) is 6.51. The Morgan fingerprint density at radius 1 is 1.19 bits per heavy atom. The Hall–Kier alpha value is -2.58. The molecule has 3 aromatic rings. The monoisotopic (exact) mass is 439 g/mol. The number of rotatable bonds is 6. The molecule has 1 aromatic carbocycles. The van der Waals surface area contributed by atoms with Crippen molar-refractivity contribution in [2.75, 3.05) is 19.6 Å². The number of aromatic nitrogens is 3. The summed E-state index contributed by atoms with van der Waals surface area (Å²) in [7, 11) is 0. The summed E-state index contributed by atoms with van der Waals surface area (Å²) in [6.07, 6.45) is 3.79. The number of thiophene rings is 1. The predicted molar refractivity (Wildman–Crippen MR) is 117 cm³/mol. The Kier molecular flexibility index (Phi) is 5.58. The predicted octanol–water partition coefficient (Wildman–Crippen LogP) is 3.29. The molecule has 0 unspecified atom stereocenters. The Morgan fingerprint density at radius 2 is 2.06 bits per heavy atom. The number of hydrogen-bond donors (Lipinski definition) is 1. The molecule has 0 saturated carbocycles. The van der Waals surface area contributed by atoms with Crippen LogP contribution in [0, 0.1) is 11.2 Å². The molecule has 0 radical (unpaired) electrons. The minimum absolute atomic E-state index is 0.143. The number of halogens is 1. The minimum atomic E-state index is -0.180. The quantitative estimate of drug-likeness (QED) is 0.640. The second-order valence-corrected chi connectivity index (χ2v) is 9.73. The lowest BCUT2D eigenvalue weighted by molar-refractivity contribution is 0.0901. The summed E-state index contributed by atoms with van der Waals surface area (Å²) in [5.41, 5.74) is 1.16. The number of hydrogen-bond acceptors (Lipinski definition) is 5. The zero-order chi connectivity index (χ0) is 21.3. The van der Waals surface area contributed by atoms with Crippen molar-refractivity contribution in [1.82, 2.24) is 25.0 Å². The molecule has 2 aliphatic rings. The van der Waals surface area contributed by atoms with Gasteiger partial charge in [0.05, 0.1) is 0 Å². The summed E-state index contributed by atoms with van der Waals surface area (Å²) in [6.45, 7) is 4.12. The molecule has 2 aliphatic heterocycles. The molecule has 2 aromatic heterocycles. The second kappa shape index (κ2) is 8.51. The molecule has 0 aliphatic carbocycles. The van der Waals surface area contributed by atoms with E-state index in [-0.39, 0.29) is 17.1 Å². The van der Waals surface area contributed by atoms with Gasteiger partial charge in [0.1, 0.15) is 11.6 Å². The highest BCUT2D eigenvalue weighted by Crippen LogP contribution is 2.41. The van der Waals surface area contributed by atoms with E-state index in [0.29, 0.717) is 12.4 Å². The van der Waals surface area contributed by atoms with Crippen LogP contribution in [0.15, 0.2) is 41.8 Å². The van der Waals surface area contributed by atoms with E-state index in [0.717, 1.165) is 63.3 Å². The fourth-order valence-corrected chi connectivity index (χ4v) is 5.48. The summed E-state index contributed by atoms with van der Waals surface area (Å²) in [4.78, 5) is 16.3. The number of carbonyl (C=O) groups is 1. The van der Waals surface area contributed by atoms with Crippen LogP contribution in [0.5, 0.6) is 0 Å². The van der Waals surface area contributed by atoms with Crippen molar-refractivity contribution in [3.8, 4) is 0 Å². The molecular weight excluding hydrogens is 413 g/mol. The van der Waals surface area contributed by atoms with E-state index in [1.165, 1.54) is 10.9 Å². The minimum Gasteiger partial charge on any atom is -0.349 e. The van der Waals surface area contributed by atoms with E-state index in [9.17, 15) is 9.18 Å². The molecule has 0 atom stereocenters. The van der Waals surface area contributed by atoms with Crippen molar-refractivity contribution >= 4 is 17.2 Å². The number of nitrogens with zero attached hydrogens (tertiary/aromatic N) is 4. The van der Waals surface area contributed by atoms with Crippen LogP contribution in [0.4, 0.5) is 4.39 Å². The molecule has 0 bridgehead atoms. The number of piperidine rings is 1. The van der Waals surface area contributed by atoms with Crippen LogP contribution in [0.1, 0.15) is 39.7 Å². The normalized spacial score (nSPS) is 17.7. The molecule has 1 spiro atoms. The van der Waals surface area contributed by atoms with E-state index in [1.807, 2.05) is 22.1 Å². The van der Waals surface area contributed by atoms with Crippen molar-refractivity contribution in [2.24, 2.45) is 5.41 Å². The highest BCUT2D eigenvalue weighted by Gasteiger charge is 2.42. The fraction of sp³-hybridized carbons (Fsp3) is 0.435. The lowest BCUT2D eigenvalue weighted by Crippen LogP contribution is -2.41. The molecule has 162 valence electrons. The van der Waals surface area contributed by atoms with Gasteiger partial charge in [-0.3, -0.25) is 9.69 Å². The SMILES string of the molecule is O=C(NCCc1cccs1)c1nnc2n1CC1(CCN(Cc3cccc(F)c3)CC1)C2. The number of fused-ring (bicyclic) bond motifs is 1. The molecule has 8 heteroatoms. The van der Waals surface area contributed by atoms with Crippen LogP contribution in [0.3, 0.4) is 0 Å². The fourth-order valence-electron chi connectivity index (χ4n) is 4.77. The van der Waals surface area contributed by atoms with Crippen LogP contribution < -0.4 is 5.32 Å². The Morgan fingerprint density at radius 3 is 2.84 bits per heavy atom. The molecular formula is C23H26FN5OS. The van der Waals surface area contributed by atoms with Gasteiger partial charge in [0.15, 0.2) is 0 Å². The molecule has 31 heavy (non-hydrogen) atoms. The van der Waals surface area contributed by atoms with Crippen molar-refractivity contribution < 1.29 is 9.18 Å². The van der Waals surface area contributed by atoms with Crippen molar-refractivity contribution in [3.05, 3.63) is 69.7 Å². The number of benzene rings is 1. The second-order valence-electron chi connectivity index (χ2n) is 8.69. The van der Waals surface area contributed by atoms with Gasteiger partial charge in [-0.25, -0.2) is 4.39 Å². The topological polar surface area (TPSA) is 63.1 Å². The number of nitrogens with one attached hydrogen (secondary N) is 1. The maximum absolute atomic E-state index is 13.5. The summed E-state index contributed by atoms with van der Waals surface area (Å²) in [5, 5.41) is 13.5. The molecule has 1 fully saturated rings. The van der Waals surface area contributed by atoms with Crippen molar-refractivity contribution in [3.63, 3.8) is 0 Å². The molecule has 1 amide bonds. The van der Waals surface area contributed by atoms with E-state index in [4.69, 9.17) is 0 Å². The van der Waals surface area contributed by atoms with Gasteiger partial charge in [0.25, 0.3) is 5.91 Å².